The SMILES string of the molecule is CC1(C)CCCC1NC(=O)c1c(N)cccc1Cl. The lowest BCUT2D eigenvalue weighted by Crippen LogP contribution is -2.41. The lowest BCUT2D eigenvalue weighted by Gasteiger charge is -2.28. The van der Waals surface area contributed by atoms with Gasteiger partial charge in [0.1, 0.15) is 0 Å². The molecule has 0 radical (unpaired) electrons. The number of anilines is 1. The Morgan fingerprint density at radius 3 is 2.78 bits per heavy atom. The van der Waals surface area contributed by atoms with Crippen LogP contribution < -0.4 is 11.1 Å². The summed E-state index contributed by atoms with van der Waals surface area (Å²) in [5, 5.41) is 3.47. The minimum absolute atomic E-state index is 0.145. The molecular formula is C14H19ClN2O. The predicted molar refractivity (Wildman–Crippen MR) is 74.8 cm³/mol. The normalized spacial score (nSPS) is 21.8. The second-order valence-corrected chi connectivity index (χ2v) is 6.02. The Morgan fingerprint density at radius 1 is 1.50 bits per heavy atom. The van der Waals surface area contributed by atoms with Crippen LogP contribution in [0.2, 0.25) is 5.02 Å². The summed E-state index contributed by atoms with van der Waals surface area (Å²) < 4.78 is 0. The first-order chi connectivity index (χ1) is 8.42. The van der Waals surface area contributed by atoms with Gasteiger partial charge in [0.2, 0.25) is 0 Å². The number of halogens is 1. The van der Waals surface area contributed by atoms with E-state index in [0.29, 0.717) is 16.3 Å². The summed E-state index contributed by atoms with van der Waals surface area (Å²) in [5.74, 6) is -0.168. The summed E-state index contributed by atoms with van der Waals surface area (Å²) in [5.41, 5.74) is 6.78. The highest BCUT2D eigenvalue weighted by molar-refractivity contribution is 6.34. The van der Waals surface area contributed by atoms with E-state index in [9.17, 15) is 4.79 Å². The molecule has 0 heterocycles. The Balaban J connectivity index is 2.18. The van der Waals surface area contributed by atoms with Crippen molar-refractivity contribution in [2.24, 2.45) is 5.41 Å². The van der Waals surface area contributed by atoms with E-state index in [0.717, 1.165) is 19.3 Å². The van der Waals surface area contributed by atoms with Crippen molar-refractivity contribution in [1.29, 1.82) is 0 Å². The number of benzene rings is 1. The number of nitrogen functional groups attached to an aromatic ring is 1. The molecule has 18 heavy (non-hydrogen) atoms. The van der Waals surface area contributed by atoms with Gasteiger partial charge >= 0.3 is 0 Å². The molecule has 3 nitrogen and oxygen atoms in total. The molecule has 1 aliphatic carbocycles. The van der Waals surface area contributed by atoms with Crippen molar-refractivity contribution in [3.8, 4) is 0 Å². The van der Waals surface area contributed by atoms with Crippen LogP contribution in [-0.2, 0) is 0 Å². The van der Waals surface area contributed by atoms with Crippen molar-refractivity contribution in [1.82, 2.24) is 5.32 Å². The van der Waals surface area contributed by atoms with Crippen molar-refractivity contribution in [3.05, 3.63) is 28.8 Å². The molecule has 1 fully saturated rings. The van der Waals surface area contributed by atoms with Crippen LogP contribution in [-0.4, -0.2) is 11.9 Å². The molecule has 0 spiro atoms. The van der Waals surface area contributed by atoms with Crippen LogP contribution in [0.4, 0.5) is 5.69 Å². The Hall–Kier alpha value is -1.22. The summed E-state index contributed by atoms with van der Waals surface area (Å²) in [6.07, 6.45) is 3.30. The number of nitrogens with two attached hydrogens (primary N) is 1. The first-order valence-electron chi connectivity index (χ1n) is 6.26. The molecule has 2 rings (SSSR count). The molecule has 1 aromatic rings. The minimum atomic E-state index is -0.168. The molecule has 0 aromatic heterocycles. The van der Waals surface area contributed by atoms with E-state index in [1.54, 1.807) is 18.2 Å². The highest BCUT2D eigenvalue weighted by Crippen LogP contribution is 2.37. The Bertz CT molecular complexity index is 451. The zero-order chi connectivity index (χ0) is 13.3. The second-order valence-electron chi connectivity index (χ2n) is 5.61. The predicted octanol–water partition coefficient (Wildman–Crippen LogP) is 3.23. The average molecular weight is 267 g/mol. The van der Waals surface area contributed by atoms with Gasteiger partial charge in [-0.1, -0.05) is 37.9 Å². The summed E-state index contributed by atoms with van der Waals surface area (Å²) in [6.45, 7) is 4.36. The number of nitrogens with one attached hydrogen (secondary N) is 1. The van der Waals surface area contributed by atoms with Gasteiger partial charge in [0, 0.05) is 11.7 Å². The first-order valence-corrected chi connectivity index (χ1v) is 6.64. The van der Waals surface area contributed by atoms with Gasteiger partial charge in [-0.2, -0.15) is 0 Å². The van der Waals surface area contributed by atoms with Crippen molar-refractivity contribution in [2.45, 2.75) is 39.2 Å². The zero-order valence-electron chi connectivity index (χ0n) is 10.8. The molecular weight excluding hydrogens is 248 g/mol. The number of hydrogen-bond acceptors (Lipinski definition) is 2. The van der Waals surface area contributed by atoms with Gasteiger partial charge in [0.15, 0.2) is 0 Å². The van der Waals surface area contributed by atoms with Crippen LogP contribution in [0.3, 0.4) is 0 Å². The summed E-state index contributed by atoms with van der Waals surface area (Å²) in [4.78, 5) is 12.3. The van der Waals surface area contributed by atoms with E-state index >= 15 is 0 Å². The smallest absolute Gasteiger partial charge is 0.255 e. The van der Waals surface area contributed by atoms with E-state index in [-0.39, 0.29) is 17.4 Å². The van der Waals surface area contributed by atoms with E-state index in [4.69, 9.17) is 17.3 Å². The maximum absolute atomic E-state index is 12.3. The standard InChI is InChI=1S/C14H19ClN2O/c1-14(2)8-4-7-11(14)17-13(18)12-9(15)5-3-6-10(12)16/h3,5-6,11H,4,7-8,16H2,1-2H3,(H,17,18). The van der Waals surface area contributed by atoms with Gasteiger partial charge in [-0.25, -0.2) is 0 Å². The van der Waals surface area contributed by atoms with Crippen molar-refractivity contribution in [3.63, 3.8) is 0 Å². The van der Waals surface area contributed by atoms with Gasteiger partial charge in [-0.3, -0.25) is 4.79 Å². The van der Waals surface area contributed by atoms with Crippen LogP contribution in [0.15, 0.2) is 18.2 Å². The van der Waals surface area contributed by atoms with Gasteiger partial charge in [-0.05, 0) is 30.4 Å². The molecule has 0 bridgehead atoms. The molecule has 1 aliphatic rings. The van der Waals surface area contributed by atoms with Crippen LogP contribution >= 0.6 is 11.6 Å². The van der Waals surface area contributed by atoms with E-state index in [1.807, 2.05) is 0 Å². The molecule has 98 valence electrons. The van der Waals surface area contributed by atoms with Crippen LogP contribution in [0.5, 0.6) is 0 Å². The third kappa shape index (κ3) is 2.46. The fourth-order valence-electron chi connectivity index (χ4n) is 2.61. The maximum Gasteiger partial charge on any atom is 0.255 e. The molecule has 1 amide bonds. The third-order valence-electron chi connectivity index (χ3n) is 3.84. The van der Waals surface area contributed by atoms with E-state index < -0.39 is 0 Å². The molecule has 1 aromatic carbocycles. The van der Waals surface area contributed by atoms with Gasteiger partial charge in [0.05, 0.1) is 10.6 Å². The van der Waals surface area contributed by atoms with Crippen molar-refractivity contribution >= 4 is 23.2 Å². The molecule has 0 saturated heterocycles. The lowest BCUT2D eigenvalue weighted by molar-refractivity contribution is 0.0911. The Labute approximate surface area is 113 Å². The fraction of sp³-hybridized carbons (Fsp3) is 0.500. The fourth-order valence-corrected chi connectivity index (χ4v) is 2.87. The van der Waals surface area contributed by atoms with Crippen LogP contribution in [0.25, 0.3) is 0 Å². The maximum atomic E-state index is 12.3. The number of carbonyl (C=O) groups is 1. The lowest BCUT2D eigenvalue weighted by atomic mass is 9.87. The van der Waals surface area contributed by atoms with Gasteiger partial charge < -0.3 is 11.1 Å². The average Bonchev–Trinajstić information content (AvgIpc) is 2.58. The second kappa shape index (κ2) is 4.81. The number of hydrogen-bond donors (Lipinski definition) is 2. The highest BCUT2D eigenvalue weighted by Gasteiger charge is 2.35. The Morgan fingerprint density at radius 2 is 2.22 bits per heavy atom. The molecule has 1 atom stereocenters. The Kier molecular flexibility index (Phi) is 3.53. The molecule has 3 N–H and O–H groups in total. The topological polar surface area (TPSA) is 55.1 Å². The number of carbonyl (C=O) groups excluding carboxylic acids is 1. The third-order valence-corrected chi connectivity index (χ3v) is 4.15. The van der Waals surface area contributed by atoms with E-state index in [2.05, 4.69) is 19.2 Å². The molecule has 0 aliphatic heterocycles. The highest BCUT2D eigenvalue weighted by atomic mass is 35.5. The molecule has 4 heteroatoms. The van der Waals surface area contributed by atoms with Crippen LogP contribution in [0.1, 0.15) is 43.5 Å². The quantitative estimate of drug-likeness (QED) is 0.808. The molecule has 1 unspecified atom stereocenters. The monoisotopic (exact) mass is 266 g/mol. The zero-order valence-corrected chi connectivity index (χ0v) is 11.6. The van der Waals surface area contributed by atoms with Crippen molar-refractivity contribution < 1.29 is 4.79 Å². The number of rotatable bonds is 2. The summed E-state index contributed by atoms with van der Waals surface area (Å²) in [7, 11) is 0. The summed E-state index contributed by atoms with van der Waals surface area (Å²) in [6, 6.07) is 5.32. The van der Waals surface area contributed by atoms with Crippen molar-refractivity contribution in [2.75, 3.05) is 5.73 Å². The summed E-state index contributed by atoms with van der Waals surface area (Å²) >= 11 is 6.04. The first kappa shape index (κ1) is 13.2. The number of amides is 1. The molecule has 1 saturated carbocycles. The largest absolute Gasteiger partial charge is 0.398 e. The van der Waals surface area contributed by atoms with E-state index in [1.165, 1.54) is 0 Å². The minimum Gasteiger partial charge on any atom is -0.398 e. The van der Waals surface area contributed by atoms with Crippen LogP contribution in [0, 0.1) is 5.41 Å². The van der Waals surface area contributed by atoms with Gasteiger partial charge in [-0.15, -0.1) is 0 Å². The van der Waals surface area contributed by atoms with Gasteiger partial charge in [0.25, 0.3) is 5.91 Å².